The van der Waals surface area contributed by atoms with Crippen LogP contribution >= 0.6 is 0 Å². The van der Waals surface area contributed by atoms with E-state index in [0.29, 0.717) is 77.6 Å². The Bertz CT molecular complexity index is 9800. The molecular formula is C119H83N9O7Si. The van der Waals surface area contributed by atoms with Crippen LogP contribution in [0.25, 0.3) is 208 Å². The summed E-state index contributed by atoms with van der Waals surface area (Å²) < 4.78 is 16.7. The van der Waals surface area contributed by atoms with Crippen molar-refractivity contribution in [3.8, 4) is 56.4 Å². The van der Waals surface area contributed by atoms with Crippen molar-refractivity contribution in [3.63, 3.8) is 0 Å². The summed E-state index contributed by atoms with van der Waals surface area (Å²) in [6.07, 6.45) is 9.12. The van der Waals surface area contributed by atoms with E-state index >= 15 is 0 Å². The third-order valence-electron chi connectivity index (χ3n) is 27.6. The van der Waals surface area contributed by atoms with Gasteiger partial charge in [-0.05, 0) is 258 Å². The zero-order chi connectivity index (χ0) is 92.2. The fourth-order valence-corrected chi connectivity index (χ4v) is 23.9. The number of hydrogen-bond donors (Lipinski definition) is 0. The van der Waals surface area contributed by atoms with Crippen molar-refractivity contribution in [1.29, 1.82) is 0 Å². The minimum atomic E-state index is -2.06. The number of furan rings is 1. The topological polar surface area (TPSA) is 184 Å². The average Bonchev–Trinajstić information content (AvgIpc) is 1.54. The van der Waals surface area contributed by atoms with Crippen LogP contribution in [-0.4, -0.2) is 50.4 Å². The molecule has 0 saturated heterocycles. The zero-order valence-corrected chi connectivity index (χ0v) is 75.9. The van der Waals surface area contributed by atoms with E-state index in [0.717, 1.165) is 143 Å². The van der Waals surface area contributed by atoms with Gasteiger partial charge in [0, 0.05) is 101 Å². The van der Waals surface area contributed by atoms with Crippen LogP contribution < -0.4 is 43.7 Å². The van der Waals surface area contributed by atoms with Gasteiger partial charge in [-0.15, -0.1) is 0 Å². The van der Waals surface area contributed by atoms with Crippen LogP contribution in [0, 0.1) is 0 Å². The predicted molar refractivity (Wildman–Crippen MR) is 559 cm³/mol. The van der Waals surface area contributed by atoms with Crippen LogP contribution in [0.2, 0.25) is 13.1 Å². The maximum atomic E-state index is 14.7. The molecule has 0 N–H and O–H groups in total. The van der Waals surface area contributed by atoms with Crippen molar-refractivity contribution in [3.05, 3.63) is 456 Å². The first-order chi connectivity index (χ1) is 66.4. The van der Waals surface area contributed by atoms with Crippen LogP contribution in [0.5, 0.6) is 0 Å². The lowest BCUT2D eigenvalue weighted by molar-refractivity contribution is 0.669. The van der Waals surface area contributed by atoms with Crippen LogP contribution in [-0.2, 0) is 0 Å². The van der Waals surface area contributed by atoms with E-state index in [4.69, 9.17) is 9.40 Å². The Kier molecular flexibility index (Phi) is 19.2. The molecule has 26 rings (SSSR count). The second kappa shape index (κ2) is 32.0. The van der Waals surface area contributed by atoms with E-state index in [-0.39, 0.29) is 33.4 Å². The second-order valence-electron chi connectivity index (χ2n) is 36.3. The number of fused-ring (bicyclic) bond motifs is 24. The number of para-hydroxylation sites is 6. The lowest BCUT2D eigenvalue weighted by atomic mass is 9.95. The Balaban J connectivity index is 0.000000112. The summed E-state index contributed by atoms with van der Waals surface area (Å²) in [5.41, 5.74) is 15.9. The van der Waals surface area contributed by atoms with Gasteiger partial charge >= 0.3 is 0 Å². The van der Waals surface area contributed by atoms with Gasteiger partial charge in [0.2, 0.25) is 0 Å². The first kappa shape index (κ1) is 81.8. The monoisotopic (exact) mass is 1780 g/mol. The predicted octanol–water partition coefficient (Wildman–Crippen LogP) is 24.6. The Hall–Kier alpha value is -17.4. The number of pyridine rings is 3. The highest BCUT2D eigenvalue weighted by Crippen LogP contribution is 2.43. The lowest BCUT2D eigenvalue weighted by Crippen LogP contribution is -2.49. The average molecular weight is 1780 g/mol. The normalized spacial score (nSPS) is 12.4. The SMILES string of the molecule is CC(C)c1ccc(-n2c(=O)c3cc4c(cc3c3cc5c6ccncc6n(-c6ccccc6)c5cc3c2=O)oc2ccccc24)cc1.CC(C)c1cccc(-c2ccc3c(=O)n(-c4ccccc4)c(=O)c4cc5c(cc4c3c2)c2cccnc2n5-c2ccccc2)c1.C[Si]1(C)c2ccccc2-c2cc3c(=O)n(-c4ccccc4)c(=O)c4cc5c(cc4c3cc21)c1cnccc1n5-c1ccccc1. The van der Waals surface area contributed by atoms with Crippen molar-refractivity contribution in [2.75, 3.05) is 0 Å². The van der Waals surface area contributed by atoms with Gasteiger partial charge in [0.1, 0.15) is 24.9 Å². The smallest absolute Gasteiger partial charge is 0.266 e. The molecule has 10 aromatic heterocycles. The highest BCUT2D eigenvalue weighted by molar-refractivity contribution is 7.04. The van der Waals surface area contributed by atoms with Crippen molar-refractivity contribution < 1.29 is 4.42 Å². The molecule has 0 saturated carbocycles. The quantitative estimate of drug-likeness (QED) is 0.126. The molecule has 0 spiro atoms. The van der Waals surface area contributed by atoms with Crippen molar-refractivity contribution >= 4 is 171 Å². The van der Waals surface area contributed by atoms with Gasteiger partial charge in [-0.25, -0.2) is 18.7 Å². The van der Waals surface area contributed by atoms with Crippen LogP contribution in [0.4, 0.5) is 0 Å². The molecule has 0 fully saturated rings. The van der Waals surface area contributed by atoms with Crippen LogP contribution in [0.15, 0.2) is 416 Å². The number of benzene rings is 15. The molecule has 11 heterocycles. The Morgan fingerprint density at radius 2 is 0.684 bits per heavy atom. The van der Waals surface area contributed by atoms with E-state index in [1.54, 1.807) is 30.7 Å². The molecule has 136 heavy (non-hydrogen) atoms. The van der Waals surface area contributed by atoms with E-state index in [9.17, 15) is 28.8 Å². The number of hydrogen-bond acceptors (Lipinski definition) is 10. The van der Waals surface area contributed by atoms with Gasteiger partial charge in [-0.2, -0.15) is 0 Å². The van der Waals surface area contributed by atoms with Crippen molar-refractivity contribution in [1.82, 2.24) is 42.4 Å². The molecule has 0 unspecified atom stereocenters. The third-order valence-corrected chi connectivity index (χ3v) is 31.1. The zero-order valence-electron chi connectivity index (χ0n) is 74.9. The van der Waals surface area contributed by atoms with Gasteiger partial charge < -0.3 is 13.6 Å². The molecule has 650 valence electrons. The molecule has 0 amide bonds. The van der Waals surface area contributed by atoms with Crippen molar-refractivity contribution in [2.24, 2.45) is 0 Å². The highest BCUT2D eigenvalue weighted by Gasteiger charge is 2.38. The highest BCUT2D eigenvalue weighted by atomic mass is 28.3. The summed E-state index contributed by atoms with van der Waals surface area (Å²) in [5, 5.41) is 17.6. The summed E-state index contributed by atoms with van der Waals surface area (Å²) in [6.45, 7) is 13.3. The largest absolute Gasteiger partial charge is 0.456 e. The summed E-state index contributed by atoms with van der Waals surface area (Å²) in [7, 11) is -2.06. The second-order valence-corrected chi connectivity index (χ2v) is 40.6. The number of aromatic nitrogens is 9. The minimum absolute atomic E-state index is 0.314. The summed E-state index contributed by atoms with van der Waals surface area (Å²) >= 11 is 0. The summed E-state index contributed by atoms with van der Waals surface area (Å²) in [4.78, 5) is 101. The first-order valence-electron chi connectivity index (χ1n) is 45.7. The molecule has 0 aliphatic carbocycles. The van der Waals surface area contributed by atoms with Crippen molar-refractivity contribution in [2.45, 2.75) is 52.6 Å². The van der Waals surface area contributed by atoms with Gasteiger partial charge in [0.05, 0.1) is 67.0 Å². The van der Waals surface area contributed by atoms with E-state index in [2.05, 4.69) is 162 Å². The van der Waals surface area contributed by atoms with E-state index in [1.165, 1.54) is 35.2 Å². The maximum Gasteiger partial charge on any atom is 0.266 e. The molecule has 1 aliphatic heterocycles. The van der Waals surface area contributed by atoms with Gasteiger partial charge in [-0.3, -0.25) is 43.3 Å². The molecule has 15 aromatic carbocycles. The Morgan fingerprint density at radius 3 is 1.28 bits per heavy atom. The standard InChI is InChI=1S/C40H27N3O3.C40H29N3O2.C39H27N3O2Si/c1-23(2)24-12-14-26(15-13-24)43-39(44)33-19-32-28-10-6-7-11-37(28)46-38(32)21-30(33)29-18-31-27-16-17-41-22-36(27)42(25-8-4-3-5-9-25)35(31)20-34(29)40(43)45;1-25(2)26-11-9-12-27(21-26)28-18-19-32-33(22-28)34-23-35-31-17-10-20-41-38(31)42(29-13-5-3-6-14-29)37(35)24-36(34)40(45)43(39(32)44)30-15-7-4-8-16-30;1-45(2)36-16-10-9-15-26(36)30-20-31-28(22-37(30)45)27-19-29-33-23-40-18-17-34(33)41(24-11-5-3-6-12-24)35(29)21-32(27)39(44)42(38(31)43)25-13-7-4-8-14-25/h3-23H,1-2H3;3-25H,1-2H3;3-23H,1-2H3. The molecular weight excluding hydrogens is 1700 g/mol. The van der Waals surface area contributed by atoms with Gasteiger partial charge in [-0.1, -0.05) is 223 Å². The minimum Gasteiger partial charge on any atom is -0.456 e. The number of rotatable bonds is 9. The first-order valence-corrected chi connectivity index (χ1v) is 48.7. The number of nitrogens with zero attached hydrogens (tertiary/aromatic N) is 9. The third kappa shape index (κ3) is 13.0. The Labute approximate surface area is 777 Å². The van der Waals surface area contributed by atoms with E-state index < -0.39 is 8.07 Å². The Morgan fingerprint density at radius 1 is 0.243 bits per heavy atom. The molecule has 25 aromatic rings. The summed E-state index contributed by atoms with van der Waals surface area (Å²) in [5.74, 6) is 0.699. The molecule has 17 heteroatoms. The van der Waals surface area contributed by atoms with Crippen LogP contribution in [0.3, 0.4) is 0 Å². The molecule has 16 nitrogen and oxygen atoms in total. The molecule has 0 atom stereocenters. The van der Waals surface area contributed by atoms with E-state index in [1.807, 2.05) is 255 Å². The molecule has 1 aliphatic rings. The van der Waals surface area contributed by atoms with Gasteiger partial charge in [0.15, 0.2) is 0 Å². The van der Waals surface area contributed by atoms with Gasteiger partial charge in [0.25, 0.3) is 33.4 Å². The molecule has 0 bridgehead atoms. The van der Waals surface area contributed by atoms with Crippen LogP contribution in [0.1, 0.15) is 50.7 Å². The lowest BCUT2D eigenvalue weighted by Gasteiger charge is -2.18. The fourth-order valence-electron chi connectivity index (χ4n) is 20.9. The maximum absolute atomic E-state index is 14.7. The fraction of sp³-hybridized carbons (Fsp3) is 0.0672. The summed E-state index contributed by atoms with van der Waals surface area (Å²) in [6, 6.07) is 115. The molecule has 0 radical (unpaired) electrons.